The number of hydrogen-bond donors (Lipinski definition) is 0. The second-order valence-electron chi connectivity index (χ2n) is 23.8. The third-order valence-electron chi connectivity index (χ3n) is 20.0. The molecule has 4 aliphatic rings. The highest BCUT2D eigenvalue weighted by Crippen LogP contribution is 2.60. The zero-order chi connectivity index (χ0) is 52.3. The van der Waals surface area contributed by atoms with E-state index < -0.39 is 0 Å². The van der Waals surface area contributed by atoms with Crippen LogP contribution in [0.5, 0.6) is 0 Å². The molecule has 0 aliphatic heterocycles. The average molecular weight is 1020 g/mol. The molecule has 378 valence electrons. The molecule has 14 aromatic rings. The van der Waals surface area contributed by atoms with E-state index in [9.17, 15) is 0 Å². The van der Waals surface area contributed by atoms with Crippen molar-refractivity contribution in [1.82, 2.24) is 9.13 Å². The summed E-state index contributed by atoms with van der Waals surface area (Å²) in [5.74, 6) is 0. The minimum absolute atomic E-state index is 0.0229. The van der Waals surface area contributed by atoms with Crippen molar-refractivity contribution in [1.29, 1.82) is 0 Å². The fourth-order valence-electron chi connectivity index (χ4n) is 16.4. The van der Waals surface area contributed by atoms with Crippen LogP contribution < -0.4 is 0 Å². The summed E-state index contributed by atoms with van der Waals surface area (Å²) < 4.78 is 4.95. The van der Waals surface area contributed by atoms with E-state index in [1.165, 1.54) is 206 Å². The monoisotopic (exact) mass is 1020 g/mol. The van der Waals surface area contributed by atoms with E-state index in [0.29, 0.717) is 0 Å². The number of rotatable bonds is 5. The summed E-state index contributed by atoms with van der Waals surface area (Å²) in [6, 6.07) is 93.0. The van der Waals surface area contributed by atoms with Crippen LogP contribution in [0.25, 0.3) is 132 Å². The van der Waals surface area contributed by atoms with Crippen LogP contribution in [0.1, 0.15) is 73.6 Å². The van der Waals surface area contributed by atoms with Gasteiger partial charge in [0.1, 0.15) is 0 Å². The Morgan fingerprint density at radius 1 is 0.237 bits per heavy atom. The Morgan fingerprint density at radius 2 is 0.537 bits per heavy atom. The standard InChI is InChI=1S/C78H56N2/c1-3-19-57-49(15-1)17-13-25-71(57)79-73-23-7-5-21-63(73)65-43-51(31-37-75(65)79)53-27-33-59-61-35-29-55(47-69(61)77(67(59)45-53)39-9-10-40-77)56-30-36-62-60-34-28-54(46-68(60)78(70(62)48-56)41-11-12-42-78)52-32-38-76-66(44-52)64-22-6-8-24-74(64)80(76)72-26-14-18-50-16-2-4-20-58(50)72/h1-8,13-38,43-48H,9-12,39-42H2. The largest absolute Gasteiger partial charge is 0.309 e. The first kappa shape index (κ1) is 44.7. The molecule has 0 unspecified atom stereocenters. The molecule has 12 aromatic carbocycles. The maximum Gasteiger partial charge on any atom is 0.0541 e. The molecule has 2 nitrogen and oxygen atoms in total. The van der Waals surface area contributed by atoms with E-state index in [4.69, 9.17) is 0 Å². The molecule has 0 bridgehead atoms. The van der Waals surface area contributed by atoms with Gasteiger partial charge in [-0.05, 0) is 187 Å². The van der Waals surface area contributed by atoms with E-state index in [0.717, 1.165) is 0 Å². The lowest BCUT2D eigenvalue weighted by molar-refractivity contribution is 0.549. The van der Waals surface area contributed by atoms with Crippen LogP contribution in [-0.4, -0.2) is 9.13 Å². The molecule has 2 aromatic heterocycles. The summed E-state index contributed by atoms with van der Waals surface area (Å²) in [6.45, 7) is 0. The van der Waals surface area contributed by atoms with E-state index in [1.807, 2.05) is 0 Å². The Morgan fingerprint density at radius 3 is 0.925 bits per heavy atom. The maximum atomic E-state index is 2.62. The molecule has 18 rings (SSSR count). The fourth-order valence-corrected chi connectivity index (χ4v) is 16.4. The number of hydrogen-bond acceptors (Lipinski definition) is 0. The third kappa shape index (κ3) is 6.14. The van der Waals surface area contributed by atoms with Crippen LogP contribution in [0.2, 0.25) is 0 Å². The number of nitrogens with zero attached hydrogens (tertiary/aromatic N) is 2. The summed E-state index contributed by atoms with van der Waals surface area (Å²) >= 11 is 0. The Balaban J connectivity index is 0.700. The Bertz CT molecular complexity index is 4640. The first-order valence-electron chi connectivity index (χ1n) is 29.2. The summed E-state index contributed by atoms with van der Waals surface area (Å²) in [4.78, 5) is 0. The molecule has 2 saturated carbocycles. The Hall–Kier alpha value is -9.24. The number of para-hydroxylation sites is 2. The van der Waals surface area contributed by atoms with Crippen LogP contribution in [-0.2, 0) is 10.8 Å². The average Bonchev–Trinajstić information content (AvgIpc) is 4.53. The summed E-state index contributed by atoms with van der Waals surface area (Å²) in [7, 11) is 0. The Kier molecular flexibility index (Phi) is 9.30. The molecule has 0 radical (unpaired) electrons. The highest BCUT2D eigenvalue weighted by atomic mass is 15.0. The van der Waals surface area contributed by atoms with Gasteiger partial charge in [0.2, 0.25) is 0 Å². The quantitative estimate of drug-likeness (QED) is 0.163. The van der Waals surface area contributed by atoms with Crippen molar-refractivity contribution in [3.8, 4) is 67.0 Å². The van der Waals surface area contributed by atoms with Gasteiger partial charge < -0.3 is 9.13 Å². The summed E-state index contributed by atoms with van der Waals surface area (Å²) in [5, 5.41) is 10.2. The first-order valence-corrected chi connectivity index (χ1v) is 29.2. The second kappa shape index (κ2) is 16.6. The Labute approximate surface area is 465 Å². The molecule has 2 spiro atoms. The topological polar surface area (TPSA) is 9.86 Å². The van der Waals surface area contributed by atoms with Gasteiger partial charge in [-0.2, -0.15) is 0 Å². The molecule has 4 aliphatic carbocycles. The molecule has 2 fully saturated rings. The lowest BCUT2D eigenvalue weighted by atomic mass is 9.75. The predicted molar refractivity (Wildman–Crippen MR) is 336 cm³/mol. The van der Waals surface area contributed by atoms with Crippen LogP contribution in [0, 0.1) is 0 Å². The zero-order valence-electron chi connectivity index (χ0n) is 44.6. The maximum absolute atomic E-state index is 2.62. The highest BCUT2D eigenvalue weighted by molar-refractivity contribution is 6.13. The van der Waals surface area contributed by atoms with Crippen LogP contribution in [0.15, 0.2) is 243 Å². The molecule has 2 heteroatoms. The van der Waals surface area contributed by atoms with E-state index in [-0.39, 0.29) is 10.8 Å². The van der Waals surface area contributed by atoms with Crippen molar-refractivity contribution in [3.63, 3.8) is 0 Å². The van der Waals surface area contributed by atoms with Crippen molar-refractivity contribution >= 4 is 65.2 Å². The lowest BCUT2D eigenvalue weighted by Crippen LogP contribution is -2.21. The number of aromatic nitrogens is 2. The van der Waals surface area contributed by atoms with Gasteiger partial charge in [-0.3, -0.25) is 0 Å². The van der Waals surface area contributed by atoms with Gasteiger partial charge in [0.15, 0.2) is 0 Å². The summed E-state index contributed by atoms with van der Waals surface area (Å²) in [5.41, 5.74) is 27.1. The summed E-state index contributed by atoms with van der Waals surface area (Å²) in [6.07, 6.45) is 9.83. The van der Waals surface area contributed by atoms with Gasteiger partial charge in [0.25, 0.3) is 0 Å². The predicted octanol–water partition coefficient (Wildman–Crippen LogP) is 20.9. The van der Waals surface area contributed by atoms with Gasteiger partial charge in [-0.15, -0.1) is 0 Å². The van der Waals surface area contributed by atoms with Crippen molar-refractivity contribution in [3.05, 3.63) is 265 Å². The van der Waals surface area contributed by atoms with E-state index >= 15 is 0 Å². The first-order chi connectivity index (χ1) is 39.6. The number of fused-ring (bicyclic) bond motifs is 18. The van der Waals surface area contributed by atoms with Gasteiger partial charge in [-0.25, -0.2) is 0 Å². The van der Waals surface area contributed by atoms with Crippen LogP contribution in [0.4, 0.5) is 0 Å². The fraction of sp³-hybridized carbons (Fsp3) is 0.128. The van der Waals surface area contributed by atoms with Crippen molar-refractivity contribution < 1.29 is 0 Å². The van der Waals surface area contributed by atoms with Gasteiger partial charge in [0, 0.05) is 43.1 Å². The third-order valence-corrected chi connectivity index (χ3v) is 20.0. The molecule has 0 N–H and O–H groups in total. The normalized spacial score (nSPS) is 15.6. The van der Waals surface area contributed by atoms with Crippen LogP contribution >= 0.6 is 0 Å². The van der Waals surface area contributed by atoms with E-state index in [2.05, 4.69) is 252 Å². The minimum atomic E-state index is 0.0229. The van der Waals surface area contributed by atoms with Gasteiger partial charge in [-0.1, -0.05) is 196 Å². The van der Waals surface area contributed by atoms with Gasteiger partial charge >= 0.3 is 0 Å². The minimum Gasteiger partial charge on any atom is -0.309 e. The molecule has 0 amide bonds. The molecular weight excluding hydrogens is 965 g/mol. The van der Waals surface area contributed by atoms with E-state index in [1.54, 1.807) is 0 Å². The smallest absolute Gasteiger partial charge is 0.0541 e. The van der Waals surface area contributed by atoms with Gasteiger partial charge in [0.05, 0.1) is 33.4 Å². The highest BCUT2D eigenvalue weighted by Gasteiger charge is 2.47. The lowest BCUT2D eigenvalue weighted by Gasteiger charge is -2.28. The van der Waals surface area contributed by atoms with Crippen molar-refractivity contribution in [2.24, 2.45) is 0 Å². The zero-order valence-corrected chi connectivity index (χ0v) is 44.6. The van der Waals surface area contributed by atoms with Crippen molar-refractivity contribution in [2.75, 3.05) is 0 Å². The molecule has 2 heterocycles. The molecule has 80 heavy (non-hydrogen) atoms. The second-order valence-corrected chi connectivity index (χ2v) is 23.8. The van der Waals surface area contributed by atoms with Crippen molar-refractivity contribution in [2.45, 2.75) is 62.2 Å². The molecule has 0 saturated heterocycles. The number of benzene rings is 12. The van der Waals surface area contributed by atoms with Crippen LogP contribution in [0.3, 0.4) is 0 Å². The SMILES string of the molecule is c1ccc2c(-n3c4ccccc4c4cc(-c5ccc6c(c5)C5(CCCC5)c5cc(-c7ccc8c(c7)C7(CCCC7)c7cc(-c9ccc%10c(c9)c9ccccc9n%10-c9cccc%10ccccc9%10)ccc7-8)ccc5-6)ccc43)cccc2c1. The molecular formula is C78H56N2. The molecule has 0 atom stereocenters.